The fraction of sp³-hybridized carbons (Fsp3) is 0.231. The number of methoxy groups -OCH3 is 1. The summed E-state index contributed by atoms with van der Waals surface area (Å²) in [5.74, 6) is 0.101. The molecule has 0 aliphatic carbocycles. The lowest BCUT2D eigenvalue weighted by molar-refractivity contribution is 0.406. The van der Waals surface area contributed by atoms with Crippen molar-refractivity contribution in [2.45, 2.75) is 12.3 Å². The van der Waals surface area contributed by atoms with Gasteiger partial charge in [-0.05, 0) is 41.1 Å². The van der Waals surface area contributed by atoms with Crippen LogP contribution in [0.5, 0.6) is 5.75 Å². The molecule has 0 saturated heterocycles. The van der Waals surface area contributed by atoms with Gasteiger partial charge in [0.05, 0.1) is 17.0 Å². The van der Waals surface area contributed by atoms with Gasteiger partial charge in [-0.1, -0.05) is 0 Å². The first-order valence-electron chi connectivity index (χ1n) is 5.26. The van der Waals surface area contributed by atoms with Crippen molar-refractivity contribution in [2.75, 3.05) is 7.11 Å². The zero-order valence-corrected chi connectivity index (χ0v) is 13.0. The zero-order valence-electron chi connectivity index (χ0n) is 9.84. The maximum Gasteiger partial charge on any atom is 0.141 e. The van der Waals surface area contributed by atoms with Gasteiger partial charge in [0.25, 0.3) is 0 Å². The van der Waals surface area contributed by atoms with E-state index in [0.717, 1.165) is 10.4 Å². The lowest BCUT2D eigenvalue weighted by Gasteiger charge is -2.13. The first kappa shape index (κ1) is 13.8. The number of alkyl halides is 1. The lowest BCUT2D eigenvalue weighted by Crippen LogP contribution is -1.97. The van der Waals surface area contributed by atoms with Crippen LogP contribution in [0.25, 0.3) is 0 Å². The summed E-state index contributed by atoms with van der Waals surface area (Å²) in [6.07, 6.45) is 0. The Bertz CT molecular complexity index is 570. The first-order chi connectivity index (χ1) is 8.52. The third kappa shape index (κ3) is 2.71. The summed E-state index contributed by atoms with van der Waals surface area (Å²) in [5, 5.41) is -0.337. The number of benzene rings is 1. The van der Waals surface area contributed by atoms with E-state index in [-0.39, 0.29) is 11.2 Å². The Kier molecular flexibility index (Phi) is 4.30. The highest BCUT2D eigenvalue weighted by Crippen LogP contribution is 2.40. The summed E-state index contributed by atoms with van der Waals surface area (Å²) < 4.78 is 19.0. The van der Waals surface area contributed by atoms with Crippen molar-refractivity contribution in [1.82, 2.24) is 0 Å². The second-order valence-corrected chi connectivity index (χ2v) is 6.43. The molecule has 1 heterocycles. The summed E-state index contributed by atoms with van der Waals surface area (Å²) in [6.45, 7) is 2.02. The van der Waals surface area contributed by atoms with E-state index in [1.54, 1.807) is 17.4 Å². The molecule has 0 fully saturated rings. The molecule has 2 aromatic rings. The molecule has 1 aromatic carbocycles. The Morgan fingerprint density at radius 3 is 2.67 bits per heavy atom. The Balaban J connectivity index is 2.46. The first-order valence-corrected chi connectivity index (χ1v) is 7.31. The molecular formula is C13H11BrClFOS. The second kappa shape index (κ2) is 5.59. The number of halogens is 3. The Morgan fingerprint density at radius 1 is 1.39 bits per heavy atom. The minimum Gasteiger partial charge on any atom is -0.496 e. The largest absolute Gasteiger partial charge is 0.496 e. The van der Waals surface area contributed by atoms with Crippen LogP contribution in [0, 0.1) is 12.7 Å². The van der Waals surface area contributed by atoms with Crippen molar-refractivity contribution >= 4 is 38.9 Å². The molecule has 96 valence electrons. The summed E-state index contributed by atoms with van der Waals surface area (Å²) in [6, 6.07) is 7.00. The number of rotatable bonds is 3. The number of thiophene rings is 1. The molecule has 0 spiro atoms. The van der Waals surface area contributed by atoms with E-state index in [4.69, 9.17) is 16.3 Å². The number of ether oxygens (including phenoxy) is 1. The average molecular weight is 350 g/mol. The maximum atomic E-state index is 13.4. The van der Waals surface area contributed by atoms with E-state index in [2.05, 4.69) is 15.9 Å². The minimum absolute atomic E-state index is 0.337. The normalized spacial score (nSPS) is 12.5. The zero-order chi connectivity index (χ0) is 13.3. The predicted octanol–water partition coefficient (Wildman–Crippen LogP) is 5.29. The van der Waals surface area contributed by atoms with Crippen LogP contribution in [0.3, 0.4) is 0 Å². The van der Waals surface area contributed by atoms with E-state index in [1.165, 1.54) is 18.1 Å². The van der Waals surface area contributed by atoms with E-state index in [0.29, 0.717) is 10.2 Å². The molecule has 1 aromatic heterocycles. The van der Waals surface area contributed by atoms with E-state index >= 15 is 0 Å². The molecule has 0 N–H and O–H groups in total. The van der Waals surface area contributed by atoms with Crippen LogP contribution in [-0.4, -0.2) is 7.11 Å². The third-order valence-corrected chi connectivity index (χ3v) is 4.83. The molecule has 0 aliphatic heterocycles. The molecule has 0 amide bonds. The fourth-order valence-corrected chi connectivity index (χ4v) is 3.27. The van der Waals surface area contributed by atoms with Crippen molar-refractivity contribution < 1.29 is 9.13 Å². The van der Waals surface area contributed by atoms with Gasteiger partial charge in [-0.25, -0.2) is 4.39 Å². The molecule has 0 aliphatic rings. The molecule has 5 heteroatoms. The minimum atomic E-state index is -0.359. The van der Waals surface area contributed by atoms with Crippen LogP contribution in [0.15, 0.2) is 28.7 Å². The average Bonchev–Trinajstić information content (AvgIpc) is 2.78. The number of hydrogen-bond donors (Lipinski definition) is 0. The van der Waals surface area contributed by atoms with Crippen molar-refractivity contribution in [1.29, 1.82) is 0 Å². The van der Waals surface area contributed by atoms with Crippen LogP contribution >= 0.6 is 38.9 Å². The SMILES string of the molecule is COc1cc(F)c(Br)cc1C(Cl)c1ccc(C)s1. The smallest absolute Gasteiger partial charge is 0.141 e. The van der Waals surface area contributed by atoms with E-state index in [1.807, 2.05) is 19.1 Å². The van der Waals surface area contributed by atoms with Gasteiger partial charge >= 0.3 is 0 Å². The highest BCUT2D eigenvalue weighted by molar-refractivity contribution is 9.10. The summed E-state index contributed by atoms with van der Waals surface area (Å²) in [7, 11) is 1.51. The Hall–Kier alpha value is -0.580. The van der Waals surface area contributed by atoms with E-state index in [9.17, 15) is 4.39 Å². The van der Waals surface area contributed by atoms with Crippen molar-refractivity contribution in [2.24, 2.45) is 0 Å². The van der Waals surface area contributed by atoms with Crippen LogP contribution < -0.4 is 4.74 Å². The molecule has 2 rings (SSSR count). The monoisotopic (exact) mass is 348 g/mol. The van der Waals surface area contributed by atoms with Gasteiger partial charge < -0.3 is 4.74 Å². The predicted molar refractivity (Wildman–Crippen MR) is 77.4 cm³/mol. The molecule has 0 saturated carbocycles. The highest BCUT2D eigenvalue weighted by Gasteiger charge is 2.19. The molecule has 1 atom stereocenters. The quantitative estimate of drug-likeness (QED) is 0.684. The van der Waals surface area contributed by atoms with Gasteiger partial charge in [0.15, 0.2) is 0 Å². The van der Waals surface area contributed by atoms with Crippen LogP contribution in [0.1, 0.15) is 20.7 Å². The van der Waals surface area contributed by atoms with Gasteiger partial charge in [-0.15, -0.1) is 22.9 Å². The van der Waals surface area contributed by atoms with Gasteiger partial charge in [0.2, 0.25) is 0 Å². The van der Waals surface area contributed by atoms with Crippen molar-refractivity contribution in [3.63, 3.8) is 0 Å². The standard InChI is InChI=1S/C13H11BrClFOS/c1-7-3-4-12(18-7)13(15)8-5-9(14)10(16)6-11(8)17-2/h3-6,13H,1-2H3. The summed E-state index contributed by atoms with van der Waals surface area (Å²) in [4.78, 5) is 2.21. The van der Waals surface area contributed by atoms with Gasteiger partial charge in [-0.3, -0.25) is 0 Å². The molecule has 1 unspecified atom stereocenters. The van der Waals surface area contributed by atoms with Crippen molar-refractivity contribution in [3.05, 3.63) is 49.9 Å². The van der Waals surface area contributed by atoms with E-state index < -0.39 is 0 Å². The van der Waals surface area contributed by atoms with Crippen LogP contribution in [0.4, 0.5) is 4.39 Å². The lowest BCUT2D eigenvalue weighted by atomic mass is 10.1. The Labute approximate surface area is 123 Å². The maximum absolute atomic E-state index is 13.4. The van der Waals surface area contributed by atoms with Gasteiger partial charge in [-0.2, -0.15) is 0 Å². The summed E-state index contributed by atoms with van der Waals surface area (Å²) >= 11 is 11.2. The Morgan fingerprint density at radius 2 is 2.11 bits per heavy atom. The fourth-order valence-electron chi connectivity index (χ4n) is 1.66. The molecule has 0 radical (unpaired) electrons. The number of aryl methyl sites for hydroxylation is 1. The number of hydrogen-bond acceptors (Lipinski definition) is 2. The topological polar surface area (TPSA) is 9.23 Å². The van der Waals surface area contributed by atoms with Gasteiger partial charge in [0.1, 0.15) is 11.6 Å². The van der Waals surface area contributed by atoms with Gasteiger partial charge in [0, 0.05) is 21.4 Å². The highest BCUT2D eigenvalue weighted by atomic mass is 79.9. The molecule has 18 heavy (non-hydrogen) atoms. The molecule has 1 nitrogen and oxygen atoms in total. The van der Waals surface area contributed by atoms with Crippen LogP contribution in [-0.2, 0) is 0 Å². The molecular weight excluding hydrogens is 339 g/mol. The van der Waals surface area contributed by atoms with Crippen molar-refractivity contribution in [3.8, 4) is 5.75 Å². The summed E-state index contributed by atoms with van der Waals surface area (Å²) in [5.41, 5.74) is 0.759. The second-order valence-electron chi connectivity index (χ2n) is 3.82. The molecule has 0 bridgehead atoms. The van der Waals surface area contributed by atoms with Crippen LogP contribution in [0.2, 0.25) is 0 Å². The third-order valence-electron chi connectivity index (χ3n) is 2.56.